The van der Waals surface area contributed by atoms with Gasteiger partial charge in [0.25, 0.3) is 0 Å². The maximum atomic E-state index is 13.0. The fourth-order valence-corrected chi connectivity index (χ4v) is 4.61. The smallest absolute Gasteiger partial charge is 0.330 e. The summed E-state index contributed by atoms with van der Waals surface area (Å²) in [5.41, 5.74) is 8.29. The molecule has 2 aromatic heterocycles. The number of rotatable bonds is 3. The lowest BCUT2D eigenvalue weighted by molar-refractivity contribution is -0.148. The summed E-state index contributed by atoms with van der Waals surface area (Å²) in [7, 11) is 0. The van der Waals surface area contributed by atoms with Gasteiger partial charge >= 0.3 is 6.18 Å². The van der Waals surface area contributed by atoms with Gasteiger partial charge in [-0.05, 0) is 50.3 Å². The molecule has 4 rings (SSSR count). The van der Waals surface area contributed by atoms with Gasteiger partial charge in [0.2, 0.25) is 5.82 Å². The number of aromatic nitrogens is 4. The van der Waals surface area contributed by atoms with Crippen LogP contribution < -0.4 is 5.73 Å². The highest BCUT2D eigenvalue weighted by Crippen LogP contribution is 2.40. The molecule has 0 atom stereocenters. The zero-order valence-electron chi connectivity index (χ0n) is 16.7. The number of aryl methyl sites for hydroxylation is 1. The van der Waals surface area contributed by atoms with Crippen molar-refractivity contribution in [2.75, 3.05) is 13.1 Å². The summed E-state index contributed by atoms with van der Waals surface area (Å²) in [6.45, 7) is 3.87. The van der Waals surface area contributed by atoms with Gasteiger partial charge in [-0.3, -0.25) is 9.88 Å². The number of pyridine rings is 1. The molecule has 1 aliphatic carbocycles. The molecule has 0 bridgehead atoms. The molecule has 168 valence electrons. The van der Waals surface area contributed by atoms with E-state index in [-0.39, 0.29) is 36.8 Å². The second-order valence-electron chi connectivity index (χ2n) is 7.99. The number of hydrogen-bond donors (Lipinski definition) is 1. The van der Waals surface area contributed by atoms with Crippen molar-refractivity contribution in [1.29, 1.82) is 0 Å². The molecular weight excluding hydrogens is 440 g/mol. The Kier molecular flexibility index (Phi) is 7.77. The van der Waals surface area contributed by atoms with E-state index in [2.05, 4.69) is 33.1 Å². The Morgan fingerprint density at radius 3 is 2.47 bits per heavy atom. The summed E-state index contributed by atoms with van der Waals surface area (Å²) in [5, 5.41) is 7.16. The SMILES string of the molecule is Cc1ccnc([C@]2(CN)CC[C@H](N3CCn4c(nnc4C(F)(F)F)C3)CC2)c1.Cl.Cl. The minimum Gasteiger partial charge on any atom is -0.330 e. The number of nitrogens with two attached hydrogens (primary N) is 1. The van der Waals surface area contributed by atoms with Gasteiger partial charge in [0.1, 0.15) is 5.82 Å². The van der Waals surface area contributed by atoms with Crippen molar-refractivity contribution >= 4 is 24.8 Å². The van der Waals surface area contributed by atoms with Gasteiger partial charge in [0.05, 0.1) is 6.54 Å². The first-order chi connectivity index (χ1) is 13.3. The predicted molar refractivity (Wildman–Crippen MR) is 112 cm³/mol. The van der Waals surface area contributed by atoms with E-state index in [0.29, 0.717) is 31.5 Å². The Morgan fingerprint density at radius 1 is 1.17 bits per heavy atom. The fourth-order valence-electron chi connectivity index (χ4n) is 4.61. The van der Waals surface area contributed by atoms with Gasteiger partial charge in [0.15, 0.2) is 0 Å². The van der Waals surface area contributed by atoms with Gasteiger partial charge in [-0.1, -0.05) is 0 Å². The maximum Gasteiger partial charge on any atom is 0.451 e. The van der Waals surface area contributed by atoms with Crippen molar-refractivity contribution in [2.45, 2.75) is 63.3 Å². The van der Waals surface area contributed by atoms with Gasteiger partial charge in [0, 0.05) is 43.0 Å². The number of hydrogen-bond acceptors (Lipinski definition) is 5. The van der Waals surface area contributed by atoms with E-state index < -0.39 is 12.0 Å². The molecule has 11 heteroatoms. The molecular formula is C19H27Cl2F3N6. The molecule has 0 amide bonds. The van der Waals surface area contributed by atoms with Crippen molar-refractivity contribution in [2.24, 2.45) is 5.73 Å². The first-order valence-electron chi connectivity index (χ1n) is 9.69. The minimum absolute atomic E-state index is 0. The van der Waals surface area contributed by atoms with E-state index >= 15 is 0 Å². The topological polar surface area (TPSA) is 72.9 Å². The maximum absolute atomic E-state index is 13.0. The van der Waals surface area contributed by atoms with E-state index in [1.54, 1.807) is 0 Å². The fraction of sp³-hybridized carbons (Fsp3) is 0.632. The van der Waals surface area contributed by atoms with E-state index in [9.17, 15) is 13.2 Å². The lowest BCUT2D eigenvalue weighted by Gasteiger charge is -2.43. The van der Waals surface area contributed by atoms with Crippen molar-refractivity contribution in [3.8, 4) is 0 Å². The molecule has 0 saturated heterocycles. The van der Waals surface area contributed by atoms with Gasteiger partial charge in [-0.15, -0.1) is 35.0 Å². The summed E-state index contributed by atoms with van der Waals surface area (Å²) in [6, 6.07) is 4.43. The summed E-state index contributed by atoms with van der Waals surface area (Å²) in [4.78, 5) is 6.82. The molecule has 2 aromatic rings. The number of fused-ring (bicyclic) bond motifs is 1. The molecule has 2 N–H and O–H groups in total. The highest BCUT2D eigenvalue weighted by molar-refractivity contribution is 5.85. The molecule has 0 aromatic carbocycles. The molecule has 1 saturated carbocycles. The lowest BCUT2D eigenvalue weighted by atomic mass is 9.69. The Bertz CT molecular complexity index is 849. The summed E-state index contributed by atoms with van der Waals surface area (Å²) < 4.78 is 40.3. The summed E-state index contributed by atoms with van der Waals surface area (Å²) >= 11 is 0. The van der Waals surface area contributed by atoms with Crippen LogP contribution in [0.25, 0.3) is 0 Å². The average molecular weight is 467 g/mol. The highest BCUT2D eigenvalue weighted by atomic mass is 35.5. The zero-order chi connectivity index (χ0) is 19.9. The van der Waals surface area contributed by atoms with Crippen LogP contribution in [0.1, 0.15) is 48.6 Å². The molecule has 30 heavy (non-hydrogen) atoms. The van der Waals surface area contributed by atoms with Crippen LogP contribution in [-0.2, 0) is 24.7 Å². The number of nitrogens with zero attached hydrogens (tertiary/aromatic N) is 5. The van der Waals surface area contributed by atoms with Crippen LogP contribution in [0.4, 0.5) is 13.2 Å². The molecule has 1 fully saturated rings. The monoisotopic (exact) mass is 466 g/mol. The standard InChI is InChI=1S/C19H25F3N6.2ClH/c1-13-4-7-24-15(10-13)18(12-23)5-2-14(3-6-18)27-8-9-28-16(11-27)25-26-17(28)19(20,21)22;;/h4,7,10,14H,2-3,5-6,8-9,11-12,23H2,1H3;2*1H/t14-,18+;;. The Hall–Kier alpha value is -1.42. The first-order valence-corrected chi connectivity index (χ1v) is 9.69. The normalized spacial score (nSPS) is 24.5. The third-order valence-corrected chi connectivity index (χ3v) is 6.31. The largest absolute Gasteiger partial charge is 0.451 e. The molecule has 2 aliphatic rings. The van der Waals surface area contributed by atoms with Gasteiger partial charge in [-0.25, -0.2) is 0 Å². The average Bonchev–Trinajstić information content (AvgIpc) is 3.12. The van der Waals surface area contributed by atoms with Gasteiger partial charge < -0.3 is 10.3 Å². The van der Waals surface area contributed by atoms with Crippen LogP contribution in [0.2, 0.25) is 0 Å². The highest BCUT2D eigenvalue weighted by Gasteiger charge is 2.42. The number of alkyl halides is 3. The molecule has 6 nitrogen and oxygen atoms in total. The Labute approximate surface area is 186 Å². The van der Waals surface area contributed by atoms with Crippen molar-refractivity contribution in [3.05, 3.63) is 41.2 Å². The number of halogens is 5. The Morgan fingerprint density at radius 2 is 1.87 bits per heavy atom. The van der Waals surface area contributed by atoms with E-state index in [1.165, 1.54) is 10.1 Å². The van der Waals surface area contributed by atoms with Crippen LogP contribution in [0, 0.1) is 6.92 Å². The third kappa shape index (κ3) is 4.59. The van der Waals surface area contributed by atoms with Crippen molar-refractivity contribution < 1.29 is 13.2 Å². The Balaban J connectivity index is 0.00000160. The third-order valence-electron chi connectivity index (χ3n) is 6.31. The molecule has 0 spiro atoms. The van der Waals surface area contributed by atoms with Crippen LogP contribution in [0.3, 0.4) is 0 Å². The molecule has 0 radical (unpaired) electrons. The second kappa shape index (κ2) is 9.38. The molecule has 0 unspecified atom stereocenters. The van der Waals surface area contributed by atoms with E-state index in [0.717, 1.165) is 31.4 Å². The van der Waals surface area contributed by atoms with Crippen molar-refractivity contribution in [3.63, 3.8) is 0 Å². The van der Waals surface area contributed by atoms with Gasteiger partial charge in [-0.2, -0.15) is 13.2 Å². The van der Waals surface area contributed by atoms with Crippen LogP contribution in [0.15, 0.2) is 18.3 Å². The lowest BCUT2D eigenvalue weighted by Crippen LogP contribution is -2.48. The second-order valence-corrected chi connectivity index (χ2v) is 7.99. The predicted octanol–water partition coefficient (Wildman–Crippen LogP) is 3.50. The molecule has 3 heterocycles. The zero-order valence-corrected chi connectivity index (χ0v) is 18.4. The van der Waals surface area contributed by atoms with Crippen LogP contribution >= 0.6 is 24.8 Å². The van der Waals surface area contributed by atoms with E-state index in [4.69, 9.17) is 5.73 Å². The summed E-state index contributed by atoms with van der Waals surface area (Å²) in [5.74, 6) is -0.493. The van der Waals surface area contributed by atoms with Crippen molar-refractivity contribution in [1.82, 2.24) is 24.6 Å². The summed E-state index contributed by atoms with van der Waals surface area (Å²) in [6.07, 6.45) is 1.15. The van der Waals surface area contributed by atoms with E-state index in [1.807, 2.05) is 12.3 Å². The molecule has 1 aliphatic heterocycles. The first kappa shape index (κ1) is 24.8. The minimum atomic E-state index is -4.46. The van der Waals surface area contributed by atoms with Crippen LogP contribution in [0.5, 0.6) is 0 Å². The quantitative estimate of drug-likeness (QED) is 0.749. The van der Waals surface area contributed by atoms with Crippen LogP contribution in [-0.4, -0.2) is 43.8 Å².